The number of carbonyl (C=O) groups excluding carboxylic acids is 1. The average molecular weight is 771 g/mol. The Labute approximate surface area is 318 Å². The number of likely N-dealkylation sites (N-methyl/N-ethyl adjacent to an activating group) is 1. The first kappa shape index (κ1) is 46.2. The van der Waals surface area contributed by atoms with Crippen molar-refractivity contribution in [1.29, 1.82) is 0 Å². The Morgan fingerprint density at radius 2 is 1.61 bits per heavy atom. The summed E-state index contributed by atoms with van der Waals surface area (Å²) in [5, 5.41) is 70.5. The molecule has 2 saturated heterocycles. The number of nitrogens with two attached hydrogens (primary N) is 3. The van der Waals surface area contributed by atoms with Crippen LogP contribution >= 0.6 is 0 Å². The lowest BCUT2D eigenvalue weighted by atomic mass is 9.83. The molecule has 0 radical (unpaired) electrons. The van der Waals surface area contributed by atoms with E-state index in [4.69, 9.17) is 36.1 Å². The van der Waals surface area contributed by atoms with Crippen molar-refractivity contribution >= 4 is 12.1 Å². The van der Waals surface area contributed by atoms with Gasteiger partial charge in [0.25, 0.3) is 5.91 Å². The van der Waals surface area contributed by atoms with Crippen LogP contribution in [0.15, 0.2) is 39.9 Å². The van der Waals surface area contributed by atoms with Gasteiger partial charge in [-0.15, -0.1) is 0 Å². The van der Waals surface area contributed by atoms with E-state index in [0.29, 0.717) is 0 Å². The van der Waals surface area contributed by atoms with E-state index in [-0.39, 0.29) is 26.1 Å². The number of rotatable bonds is 17. The predicted molar refractivity (Wildman–Crippen MR) is 202 cm³/mol. The van der Waals surface area contributed by atoms with Crippen LogP contribution < -0.4 is 27.8 Å². The fraction of sp³-hybridized carbons (Fsp3) is 0.784. The van der Waals surface area contributed by atoms with Crippen LogP contribution in [0.4, 0.5) is 0 Å². The molecule has 1 aliphatic carbocycles. The van der Waals surface area contributed by atoms with E-state index in [1.54, 1.807) is 13.3 Å². The van der Waals surface area contributed by atoms with Gasteiger partial charge in [0.2, 0.25) is 0 Å². The van der Waals surface area contributed by atoms with Crippen LogP contribution in [0.25, 0.3) is 0 Å². The van der Waals surface area contributed by atoms with E-state index in [1.807, 2.05) is 13.0 Å². The van der Waals surface area contributed by atoms with Crippen molar-refractivity contribution in [2.24, 2.45) is 22.2 Å². The molecule has 1 amide bonds. The molecule has 3 rings (SSSR count). The molecule has 14 N–H and O–H groups in total. The minimum absolute atomic E-state index is 0.0532. The van der Waals surface area contributed by atoms with E-state index in [9.17, 15) is 35.4 Å². The van der Waals surface area contributed by atoms with E-state index in [1.165, 1.54) is 18.1 Å². The lowest BCUT2D eigenvalue weighted by Crippen LogP contribution is -2.70. The Hall–Kier alpha value is -2.20. The van der Waals surface area contributed by atoms with E-state index in [2.05, 4.69) is 48.5 Å². The molecule has 0 bridgehead atoms. The average Bonchev–Trinajstić information content (AvgIpc) is 3.10. The Kier molecular flexibility index (Phi) is 18.3. The first-order valence-corrected chi connectivity index (χ1v) is 18.8. The van der Waals surface area contributed by atoms with Gasteiger partial charge in [-0.25, -0.2) is 0 Å². The summed E-state index contributed by atoms with van der Waals surface area (Å²) < 4.78 is 23.5. The maximum atomic E-state index is 13.2. The van der Waals surface area contributed by atoms with Gasteiger partial charge in [0.1, 0.15) is 48.3 Å². The van der Waals surface area contributed by atoms with Crippen molar-refractivity contribution in [2.45, 2.75) is 158 Å². The number of aliphatic imine (C=N–C) groups is 1. The maximum absolute atomic E-state index is 13.2. The Morgan fingerprint density at radius 3 is 2.26 bits per heavy atom. The smallest absolute Gasteiger partial charge is 0.251 e. The zero-order valence-corrected chi connectivity index (χ0v) is 32.5. The standard InChI is InChI=1S/C37H66N6O11/c1-19(2)9-7-10-20(3)11-8-12-21(4)13-14-42-17-24(44)34(49)43-23-15-22(39)31(53-35-26(40)28(46)27(45)25(16-38)52-35)29(47)32(23)54-36-30(48)33(41-6)37(5,50)18-51-36/h9,11,13-14,22-33,35-36,41,44-48,50H,7-8,10,12,15-18,38-40H2,1-6H3,(H,43,49)/b20-11+,21-13+,42-14?. The summed E-state index contributed by atoms with van der Waals surface area (Å²) in [5.41, 5.74) is 20.5. The number of nitrogens with one attached hydrogen (secondary N) is 2. The van der Waals surface area contributed by atoms with Gasteiger partial charge in [0, 0.05) is 18.8 Å². The summed E-state index contributed by atoms with van der Waals surface area (Å²) >= 11 is 0. The summed E-state index contributed by atoms with van der Waals surface area (Å²) in [7, 11) is 1.55. The second-order valence-corrected chi connectivity index (χ2v) is 15.3. The highest BCUT2D eigenvalue weighted by molar-refractivity contribution is 5.81. The molecular weight excluding hydrogens is 704 g/mol. The summed E-state index contributed by atoms with van der Waals surface area (Å²) in [6, 6.07) is -4.12. The third-order valence-corrected chi connectivity index (χ3v) is 10.2. The third kappa shape index (κ3) is 12.7. The van der Waals surface area contributed by atoms with Crippen LogP contribution in [0.2, 0.25) is 0 Å². The number of nitrogens with zero attached hydrogens (tertiary/aromatic N) is 1. The SMILES string of the molecule is CNC1C(O)C(OC2C(NC(=O)C(O)CN=C/C=C(\C)CC/C=C(\C)CCC=C(C)C)CC(N)C(OC3OC(CN)C(O)C(O)C3N)C2O)OCC1(C)O. The normalized spacial score (nSPS) is 38.7. The summed E-state index contributed by atoms with van der Waals surface area (Å²) in [5.74, 6) is -0.805. The van der Waals surface area contributed by atoms with Crippen molar-refractivity contribution in [1.82, 2.24) is 10.6 Å². The monoisotopic (exact) mass is 770 g/mol. The van der Waals surface area contributed by atoms with Crippen molar-refractivity contribution in [3.63, 3.8) is 0 Å². The number of hydrogen-bond acceptors (Lipinski definition) is 16. The zero-order valence-electron chi connectivity index (χ0n) is 32.5. The Bertz CT molecular complexity index is 1310. The molecule has 15 unspecified atom stereocenters. The maximum Gasteiger partial charge on any atom is 0.251 e. The van der Waals surface area contributed by atoms with Crippen LogP contribution in [-0.4, -0.2) is 161 Å². The highest BCUT2D eigenvalue weighted by atomic mass is 16.7. The van der Waals surface area contributed by atoms with Crippen LogP contribution in [0.3, 0.4) is 0 Å². The van der Waals surface area contributed by atoms with Gasteiger partial charge in [0.05, 0.1) is 31.3 Å². The summed E-state index contributed by atoms with van der Waals surface area (Å²) in [6.07, 6.45) is -2.18. The molecule has 1 saturated carbocycles. The molecule has 54 heavy (non-hydrogen) atoms. The van der Waals surface area contributed by atoms with Crippen LogP contribution in [0, 0.1) is 0 Å². The van der Waals surface area contributed by atoms with Crippen LogP contribution in [0.5, 0.6) is 0 Å². The molecule has 17 nitrogen and oxygen atoms in total. The highest BCUT2D eigenvalue weighted by Gasteiger charge is 2.53. The molecule has 0 aromatic heterocycles. The van der Waals surface area contributed by atoms with Crippen molar-refractivity contribution in [3.8, 4) is 0 Å². The highest BCUT2D eigenvalue weighted by Crippen LogP contribution is 2.32. The van der Waals surface area contributed by atoms with Gasteiger partial charge in [-0.3, -0.25) is 9.79 Å². The lowest BCUT2D eigenvalue weighted by molar-refractivity contribution is -0.315. The molecule has 3 fully saturated rings. The van der Waals surface area contributed by atoms with Gasteiger partial charge < -0.3 is 77.4 Å². The summed E-state index contributed by atoms with van der Waals surface area (Å²) in [4.78, 5) is 17.4. The van der Waals surface area contributed by atoms with Crippen molar-refractivity contribution in [2.75, 3.05) is 26.7 Å². The van der Waals surface area contributed by atoms with Gasteiger partial charge in [-0.2, -0.15) is 0 Å². The Morgan fingerprint density at radius 1 is 0.963 bits per heavy atom. The molecule has 2 heterocycles. The number of aliphatic hydroxyl groups is 6. The molecule has 0 aromatic rings. The van der Waals surface area contributed by atoms with E-state index < -0.39 is 97.1 Å². The third-order valence-electron chi connectivity index (χ3n) is 10.2. The quantitative estimate of drug-likeness (QED) is 0.0562. The van der Waals surface area contributed by atoms with E-state index >= 15 is 0 Å². The van der Waals surface area contributed by atoms with Crippen molar-refractivity contribution < 1.29 is 54.4 Å². The Balaban J connectivity index is 1.69. The first-order valence-electron chi connectivity index (χ1n) is 18.8. The molecular formula is C37H66N6O11. The van der Waals surface area contributed by atoms with Gasteiger partial charge in [-0.05, 0) is 79.8 Å². The number of carbonyl (C=O) groups is 1. The predicted octanol–water partition coefficient (Wildman–Crippen LogP) is -2.03. The fourth-order valence-corrected chi connectivity index (χ4v) is 6.91. The first-order chi connectivity index (χ1) is 25.4. The minimum Gasteiger partial charge on any atom is -0.388 e. The number of aliphatic hydroxyl groups excluding tert-OH is 5. The number of amides is 1. The molecule has 3 aliphatic rings. The number of hydrogen-bond donors (Lipinski definition) is 11. The second-order valence-electron chi connectivity index (χ2n) is 15.3. The zero-order chi connectivity index (χ0) is 40.3. The van der Waals surface area contributed by atoms with Crippen molar-refractivity contribution in [3.05, 3.63) is 34.9 Å². The molecule has 0 aromatic carbocycles. The fourth-order valence-electron chi connectivity index (χ4n) is 6.91. The molecule has 310 valence electrons. The second kappa shape index (κ2) is 21.4. The van der Waals surface area contributed by atoms with Crippen LogP contribution in [0.1, 0.15) is 66.7 Å². The molecule has 2 aliphatic heterocycles. The van der Waals surface area contributed by atoms with Crippen LogP contribution in [-0.2, 0) is 23.7 Å². The van der Waals surface area contributed by atoms with E-state index in [0.717, 1.165) is 31.3 Å². The molecule has 0 spiro atoms. The van der Waals surface area contributed by atoms with Gasteiger partial charge >= 0.3 is 0 Å². The molecule has 17 heteroatoms. The topological polar surface area (TPSA) is 290 Å². The summed E-state index contributed by atoms with van der Waals surface area (Å²) in [6.45, 7) is 9.15. The minimum atomic E-state index is -1.61. The molecule has 15 atom stereocenters. The number of ether oxygens (including phenoxy) is 4. The number of allylic oxidation sites excluding steroid dienone is 6. The van der Waals surface area contributed by atoms with Gasteiger partial charge in [0.15, 0.2) is 18.7 Å². The lowest BCUT2D eigenvalue weighted by Gasteiger charge is -2.49. The van der Waals surface area contributed by atoms with Gasteiger partial charge in [-0.1, -0.05) is 28.9 Å². The largest absolute Gasteiger partial charge is 0.388 e.